The van der Waals surface area contributed by atoms with Crippen molar-refractivity contribution in [1.29, 1.82) is 0 Å². The lowest BCUT2D eigenvalue weighted by molar-refractivity contribution is -0.114. The van der Waals surface area contributed by atoms with Crippen LogP contribution in [0.2, 0.25) is 0 Å². The second kappa shape index (κ2) is 4.94. The molecule has 3 aromatic rings. The highest BCUT2D eigenvalue weighted by molar-refractivity contribution is 6.12. The Balaban J connectivity index is 2.25. The number of amides is 1. The first kappa shape index (κ1) is 13.2. The van der Waals surface area contributed by atoms with Crippen LogP contribution in [0.15, 0.2) is 40.8 Å². The molecule has 21 heavy (non-hydrogen) atoms. The molecule has 0 aliphatic rings. The lowest BCUT2D eigenvalue weighted by Crippen LogP contribution is -2.05. The van der Waals surface area contributed by atoms with Gasteiger partial charge < -0.3 is 14.5 Å². The van der Waals surface area contributed by atoms with E-state index in [2.05, 4.69) is 5.32 Å². The number of para-hydroxylation sites is 1. The topological polar surface area (TPSA) is 68.5 Å². The number of esters is 1. The van der Waals surface area contributed by atoms with Gasteiger partial charge in [0.2, 0.25) is 5.91 Å². The van der Waals surface area contributed by atoms with Crippen molar-refractivity contribution in [2.75, 3.05) is 12.4 Å². The number of rotatable bonds is 2. The quantitative estimate of drug-likeness (QED) is 0.732. The molecule has 0 unspecified atom stereocenters. The monoisotopic (exact) mass is 283 g/mol. The predicted molar refractivity (Wildman–Crippen MR) is 79.4 cm³/mol. The fourth-order valence-electron chi connectivity index (χ4n) is 2.33. The minimum absolute atomic E-state index is 0.168. The van der Waals surface area contributed by atoms with Crippen LogP contribution in [0.3, 0.4) is 0 Å². The van der Waals surface area contributed by atoms with Gasteiger partial charge in [0.25, 0.3) is 0 Å². The van der Waals surface area contributed by atoms with E-state index in [0.29, 0.717) is 22.4 Å². The number of ether oxygens (including phenoxy) is 1. The van der Waals surface area contributed by atoms with E-state index >= 15 is 0 Å². The van der Waals surface area contributed by atoms with Crippen molar-refractivity contribution in [3.05, 3.63) is 42.0 Å². The molecule has 0 saturated heterocycles. The Kier molecular flexibility index (Phi) is 3.10. The highest BCUT2D eigenvalue weighted by Crippen LogP contribution is 2.33. The van der Waals surface area contributed by atoms with Crippen molar-refractivity contribution in [2.24, 2.45) is 0 Å². The Hall–Kier alpha value is -2.82. The number of nitrogens with one attached hydrogen (secondary N) is 1. The van der Waals surface area contributed by atoms with Gasteiger partial charge in [-0.1, -0.05) is 12.1 Å². The van der Waals surface area contributed by atoms with Gasteiger partial charge in [-0.25, -0.2) is 4.79 Å². The van der Waals surface area contributed by atoms with E-state index in [-0.39, 0.29) is 5.91 Å². The molecule has 1 aromatic heterocycles. The van der Waals surface area contributed by atoms with Crippen LogP contribution in [0.4, 0.5) is 5.69 Å². The maximum atomic E-state index is 11.6. The first-order valence-electron chi connectivity index (χ1n) is 6.41. The number of benzene rings is 2. The molecule has 1 heterocycles. The van der Waals surface area contributed by atoms with Crippen LogP contribution in [-0.2, 0) is 9.53 Å². The van der Waals surface area contributed by atoms with E-state index < -0.39 is 5.97 Å². The Morgan fingerprint density at radius 3 is 2.67 bits per heavy atom. The molecule has 2 aromatic carbocycles. The first-order valence-corrected chi connectivity index (χ1v) is 6.41. The lowest BCUT2D eigenvalue weighted by Gasteiger charge is -2.01. The number of furan rings is 1. The molecule has 0 spiro atoms. The number of anilines is 1. The molecule has 5 nitrogen and oxygen atoms in total. The van der Waals surface area contributed by atoms with Crippen LogP contribution < -0.4 is 5.32 Å². The second-order valence-electron chi connectivity index (χ2n) is 4.67. The van der Waals surface area contributed by atoms with Gasteiger partial charge in [0.15, 0.2) is 5.58 Å². The zero-order valence-electron chi connectivity index (χ0n) is 11.6. The summed E-state index contributed by atoms with van der Waals surface area (Å²) in [6, 6.07) is 10.6. The van der Waals surface area contributed by atoms with Crippen LogP contribution in [0.5, 0.6) is 0 Å². The van der Waals surface area contributed by atoms with Crippen LogP contribution in [0.25, 0.3) is 21.9 Å². The summed E-state index contributed by atoms with van der Waals surface area (Å²) >= 11 is 0. The van der Waals surface area contributed by atoms with E-state index in [1.807, 2.05) is 12.1 Å². The van der Waals surface area contributed by atoms with Crippen molar-refractivity contribution in [3.8, 4) is 0 Å². The molecule has 0 radical (unpaired) electrons. The van der Waals surface area contributed by atoms with Gasteiger partial charge in [-0.15, -0.1) is 0 Å². The van der Waals surface area contributed by atoms with Crippen molar-refractivity contribution in [2.45, 2.75) is 6.92 Å². The summed E-state index contributed by atoms with van der Waals surface area (Å²) in [7, 11) is 1.34. The maximum Gasteiger partial charge on any atom is 0.337 e. The Morgan fingerprint density at radius 2 is 1.95 bits per heavy atom. The highest BCUT2D eigenvalue weighted by atomic mass is 16.5. The smallest absolute Gasteiger partial charge is 0.337 e. The van der Waals surface area contributed by atoms with Crippen molar-refractivity contribution >= 4 is 39.5 Å². The zero-order chi connectivity index (χ0) is 15.0. The van der Waals surface area contributed by atoms with Gasteiger partial charge >= 0.3 is 5.97 Å². The summed E-state index contributed by atoms with van der Waals surface area (Å²) in [6.45, 7) is 1.44. The molecule has 0 fully saturated rings. The summed E-state index contributed by atoms with van der Waals surface area (Å²) in [6.07, 6.45) is 0. The molecule has 0 bridgehead atoms. The zero-order valence-corrected chi connectivity index (χ0v) is 11.6. The SMILES string of the molecule is COC(=O)c1ccc2oc3c(NC(C)=O)cccc3c2c1. The molecule has 0 atom stereocenters. The van der Waals surface area contributed by atoms with Crippen molar-refractivity contribution in [1.82, 2.24) is 0 Å². The van der Waals surface area contributed by atoms with E-state index in [0.717, 1.165) is 10.8 Å². The van der Waals surface area contributed by atoms with E-state index in [9.17, 15) is 9.59 Å². The van der Waals surface area contributed by atoms with Gasteiger partial charge in [-0.05, 0) is 24.3 Å². The third kappa shape index (κ3) is 2.23. The fraction of sp³-hybridized carbons (Fsp3) is 0.125. The normalized spacial score (nSPS) is 10.8. The van der Waals surface area contributed by atoms with E-state index in [1.165, 1.54) is 14.0 Å². The summed E-state index contributed by atoms with van der Waals surface area (Å²) in [5.74, 6) is -0.567. The number of hydrogen-bond acceptors (Lipinski definition) is 4. The summed E-state index contributed by atoms with van der Waals surface area (Å²) < 4.78 is 10.5. The molecule has 5 heteroatoms. The molecule has 1 N–H and O–H groups in total. The molecule has 3 rings (SSSR count). The summed E-state index contributed by atoms with van der Waals surface area (Å²) in [5, 5.41) is 4.37. The number of hydrogen-bond donors (Lipinski definition) is 1. The predicted octanol–water partition coefficient (Wildman–Crippen LogP) is 3.33. The van der Waals surface area contributed by atoms with Gasteiger partial charge in [0.05, 0.1) is 18.4 Å². The summed E-state index contributed by atoms with van der Waals surface area (Å²) in [5.41, 5.74) is 2.30. The number of methoxy groups -OCH3 is 1. The molecular weight excluding hydrogens is 270 g/mol. The first-order chi connectivity index (χ1) is 10.1. The molecule has 0 aliphatic carbocycles. The average Bonchev–Trinajstić information content (AvgIpc) is 2.85. The molecule has 106 valence electrons. The Labute approximate surface area is 120 Å². The standard InChI is InChI=1S/C16H13NO4/c1-9(18)17-13-5-3-4-11-12-8-10(16(19)20-2)6-7-14(12)21-15(11)13/h3-8H,1-2H3,(H,17,18). The summed E-state index contributed by atoms with van der Waals surface area (Å²) in [4.78, 5) is 22.9. The number of carbonyl (C=O) groups excluding carboxylic acids is 2. The van der Waals surface area contributed by atoms with Gasteiger partial charge in [-0.3, -0.25) is 4.79 Å². The third-order valence-electron chi connectivity index (χ3n) is 3.23. The number of fused-ring (bicyclic) bond motifs is 3. The Bertz CT molecular complexity index is 863. The molecule has 1 amide bonds. The Morgan fingerprint density at radius 1 is 1.14 bits per heavy atom. The second-order valence-corrected chi connectivity index (χ2v) is 4.67. The molecule has 0 saturated carbocycles. The number of carbonyl (C=O) groups is 2. The van der Waals surface area contributed by atoms with Gasteiger partial charge in [0, 0.05) is 17.7 Å². The van der Waals surface area contributed by atoms with Crippen LogP contribution in [0.1, 0.15) is 17.3 Å². The van der Waals surface area contributed by atoms with Crippen molar-refractivity contribution < 1.29 is 18.7 Å². The van der Waals surface area contributed by atoms with Gasteiger partial charge in [-0.2, -0.15) is 0 Å². The highest BCUT2D eigenvalue weighted by Gasteiger charge is 2.14. The lowest BCUT2D eigenvalue weighted by atomic mass is 10.1. The third-order valence-corrected chi connectivity index (χ3v) is 3.23. The van der Waals surface area contributed by atoms with Crippen LogP contribution in [0, 0.1) is 0 Å². The fourth-order valence-corrected chi connectivity index (χ4v) is 2.33. The minimum atomic E-state index is -0.399. The minimum Gasteiger partial charge on any atom is -0.465 e. The average molecular weight is 283 g/mol. The van der Waals surface area contributed by atoms with E-state index in [4.69, 9.17) is 9.15 Å². The molecule has 0 aliphatic heterocycles. The van der Waals surface area contributed by atoms with E-state index in [1.54, 1.807) is 24.3 Å². The maximum absolute atomic E-state index is 11.6. The largest absolute Gasteiger partial charge is 0.465 e. The van der Waals surface area contributed by atoms with Gasteiger partial charge in [0.1, 0.15) is 5.58 Å². The van der Waals surface area contributed by atoms with Crippen LogP contribution >= 0.6 is 0 Å². The van der Waals surface area contributed by atoms with Crippen molar-refractivity contribution in [3.63, 3.8) is 0 Å². The molecular formula is C16H13NO4. The van der Waals surface area contributed by atoms with Crippen LogP contribution in [-0.4, -0.2) is 19.0 Å².